The minimum atomic E-state index is -0.0460. The maximum atomic E-state index is 12.9. The summed E-state index contributed by atoms with van der Waals surface area (Å²) in [6.07, 6.45) is 9.99. The molecular formula is C25H28N6OS. The number of benzene rings is 1. The van der Waals surface area contributed by atoms with Gasteiger partial charge in [-0.15, -0.1) is 11.3 Å². The van der Waals surface area contributed by atoms with E-state index in [1.165, 1.54) is 43.9 Å². The summed E-state index contributed by atoms with van der Waals surface area (Å²) in [5.41, 5.74) is 4.08. The lowest BCUT2D eigenvalue weighted by Gasteiger charge is -2.23. The second kappa shape index (κ2) is 7.67. The normalized spacial score (nSPS) is 23.7. The Bertz CT molecular complexity index is 1390. The van der Waals surface area contributed by atoms with Crippen molar-refractivity contribution in [1.29, 1.82) is 0 Å². The van der Waals surface area contributed by atoms with E-state index >= 15 is 0 Å². The molecule has 1 saturated carbocycles. The number of fused-ring (bicyclic) bond motifs is 3. The van der Waals surface area contributed by atoms with Crippen molar-refractivity contribution in [2.45, 2.75) is 38.1 Å². The molecule has 3 aromatic heterocycles. The molecule has 8 heteroatoms. The fraction of sp³-hybridized carbons (Fsp3) is 0.480. The van der Waals surface area contributed by atoms with Gasteiger partial charge < -0.3 is 19.8 Å². The number of thiophene rings is 1. The Morgan fingerprint density at radius 1 is 1.03 bits per heavy atom. The largest absolute Gasteiger partial charge is 0.362 e. The van der Waals surface area contributed by atoms with E-state index in [2.05, 4.69) is 43.0 Å². The third kappa shape index (κ3) is 3.14. The van der Waals surface area contributed by atoms with Crippen molar-refractivity contribution in [3.8, 4) is 10.4 Å². The molecule has 4 aromatic rings. The summed E-state index contributed by atoms with van der Waals surface area (Å²) >= 11 is 1.71. The molecule has 2 aliphatic heterocycles. The number of aromatic nitrogens is 4. The van der Waals surface area contributed by atoms with Crippen LogP contribution in [0.25, 0.3) is 32.4 Å². The Hall–Kier alpha value is -2.71. The Morgan fingerprint density at radius 2 is 1.85 bits per heavy atom. The SMILES string of the molecule is O=c1[nH]cnc2c(-c3ccc4c(c3)ncn4C3CCCCC3)sc(N3CC4CNCC4C3)c12. The van der Waals surface area contributed by atoms with Crippen LogP contribution in [0.15, 0.2) is 35.6 Å². The fourth-order valence-electron chi connectivity index (χ4n) is 6.23. The maximum absolute atomic E-state index is 12.9. The van der Waals surface area contributed by atoms with Gasteiger partial charge in [-0.2, -0.15) is 0 Å². The van der Waals surface area contributed by atoms with Crippen LogP contribution in [0.4, 0.5) is 5.00 Å². The highest BCUT2D eigenvalue weighted by molar-refractivity contribution is 7.21. The Balaban J connectivity index is 1.31. The number of hydrogen-bond donors (Lipinski definition) is 2. The minimum absolute atomic E-state index is 0.0460. The summed E-state index contributed by atoms with van der Waals surface area (Å²) in [6.45, 7) is 4.16. The van der Waals surface area contributed by atoms with Crippen LogP contribution in [0.5, 0.6) is 0 Å². The first-order chi connectivity index (χ1) is 16.3. The van der Waals surface area contributed by atoms with Crippen molar-refractivity contribution >= 4 is 38.3 Å². The van der Waals surface area contributed by atoms with E-state index in [0.29, 0.717) is 17.9 Å². The number of H-pyrrole nitrogens is 1. The predicted molar refractivity (Wildman–Crippen MR) is 133 cm³/mol. The predicted octanol–water partition coefficient (Wildman–Crippen LogP) is 4.16. The van der Waals surface area contributed by atoms with E-state index in [1.54, 1.807) is 11.3 Å². The highest BCUT2D eigenvalue weighted by Gasteiger charge is 2.38. The molecule has 3 fully saturated rings. The molecule has 7 nitrogen and oxygen atoms in total. The van der Waals surface area contributed by atoms with Crippen LogP contribution in [0, 0.1) is 11.8 Å². The maximum Gasteiger partial charge on any atom is 0.261 e. The van der Waals surface area contributed by atoms with Crippen molar-refractivity contribution in [1.82, 2.24) is 24.8 Å². The molecule has 3 aliphatic rings. The first kappa shape index (κ1) is 19.7. The third-order valence-corrected chi connectivity index (χ3v) is 9.25. The number of aromatic amines is 1. The van der Waals surface area contributed by atoms with Crippen molar-refractivity contribution < 1.29 is 0 Å². The number of hydrogen-bond acceptors (Lipinski definition) is 6. The van der Waals surface area contributed by atoms with Gasteiger partial charge in [-0.05, 0) is 42.4 Å². The molecule has 0 spiro atoms. The van der Waals surface area contributed by atoms with Crippen molar-refractivity contribution in [2.24, 2.45) is 11.8 Å². The number of nitrogens with one attached hydrogen (secondary N) is 2. The summed E-state index contributed by atoms with van der Waals surface area (Å²) in [6, 6.07) is 7.13. The third-order valence-electron chi connectivity index (χ3n) is 7.96. The minimum Gasteiger partial charge on any atom is -0.362 e. The highest BCUT2D eigenvalue weighted by atomic mass is 32.1. The van der Waals surface area contributed by atoms with Crippen LogP contribution >= 0.6 is 11.3 Å². The van der Waals surface area contributed by atoms with Crippen LogP contribution in [0.2, 0.25) is 0 Å². The summed E-state index contributed by atoms with van der Waals surface area (Å²) in [7, 11) is 0. The van der Waals surface area contributed by atoms with Gasteiger partial charge in [0.15, 0.2) is 0 Å². The zero-order chi connectivity index (χ0) is 21.9. The van der Waals surface area contributed by atoms with E-state index in [1.807, 2.05) is 6.33 Å². The van der Waals surface area contributed by atoms with Gasteiger partial charge in [-0.3, -0.25) is 4.79 Å². The first-order valence-electron chi connectivity index (χ1n) is 12.2. The lowest BCUT2D eigenvalue weighted by Crippen LogP contribution is -2.25. The van der Waals surface area contributed by atoms with Crippen LogP contribution in [0.3, 0.4) is 0 Å². The Kier molecular flexibility index (Phi) is 4.59. The van der Waals surface area contributed by atoms with Crippen molar-refractivity contribution in [3.63, 3.8) is 0 Å². The Labute approximate surface area is 195 Å². The smallest absolute Gasteiger partial charge is 0.261 e. The molecule has 5 heterocycles. The molecule has 2 unspecified atom stereocenters. The summed E-state index contributed by atoms with van der Waals surface area (Å²) in [5, 5.41) is 5.31. The van der Waals surface area contributed by atoms with Gasteiger partial charge in [0, 0.05) is 32.2 Å². The molecule has 0 amide bonds. The van der Waals surface area contributed by atoms with Gasteiger partial charge in [0.05, 0.1) is 34.1 Å². The molecule has 2 N–H and O–H groups in total. The molecule has 1 aromatic carbocycles. The highest BCUT2D eigenvalue weighted by Crippen LogP contribution is 2.44. The molecule has 7 rings (SSSR count). The zero-order valence-electron chi connectivity index (χ0n) is 18.6. The molecule has 0 bridgehead atoms. The van der Waals surface area contributed by atoms with Crippen molar-refractivity contribution in [2.75, 3.05) is 31.1 Å². The lowest BCUT2D eigenvalue weighted by atomic mass is 9.95. The number of anilines is 1. The standard InChI is InChI=1S/C25H28N6OS/c32-24-21-22(27-13-28-24)23(33-25(21)30-11-16-9-26-10-17(16)12-30)15-6-7-20-19(8-15)29-14-31(20)18-4-2-1-3-5-18/h6-8,13-14,16-18,26H,1-5,9-12H2,(H,27,28,32). The van der Waals surface area contributed by atoms with E-state index in [0.717, 1.165) is 58.0 Å². The topological polar surface area (TPSA) is 78.8 Å². The molecule has 0 radical (unpaired) electrons. The van der Waals surface area contributed by atoms with E-state index < -0.39 is 0 Å². The van der Waals surface area contributed by atoms with Crippen molar-refractivity contribution in [3.05, 3.63) is 41.2 Å². The second-order valence-electron chi connectivity index (χ2n) is 9.92. The summed E-state index contributed by atoms with van der Waals surface area (Å²) < 4.78 is 2.37. The van der Waals surface area contributed by atoms with Gasteiger partial charge in [-0.1, -0.05) is 25.3 Å². The molecule has 1 aliphatic carbocycles. The lowest BCUT2D eigenvalue weighted by molar-refractivity contribution is 0.359. The Morgan fingerprint density at radius 3 is 2.67 bits per heavy atom. The monoisotopic (exact) mass is 460 g/mol. The summed E-state index contributed by atoms with van der Waals surface area (Å²) in [4.78, 5) is 28.6. The number of rotatable bonds is 3. The van der Waals surface area contributed by atoms with Crippen LogP contribution in [0.1, 0.15) is 38.1 Å². The molecule has 2 saturated heterocycles. The van der Waals surface area contributed by atoms with Gasteiger partial charge in [-0.25, -0.2) is 9.97 Å². The molecular weight excluding hydrogens is 432 g/mol. The van der Waals surface area contributed by atoms with Gasteiger partial charge in [0.1, 0.15) is 10.4 Å². The van der Waals surface area contributed by atoms with E-state index in [-0.39, 0.29) is 5.56 Å². The fourth-order valence-corrected chi connectivity index (χ4v) is 7.49. The van der Waals surface area contributed by atoms with Gasteiger partial charge in [0.25, 0.3) is 5.56 Å². The quantitative estimate of drug-likeness (QED) is 0.480. The molecule has 170 valence electrons. The second-order valence-corrected chi connectivity index (χ2v) is 10.9. The van der Waals surface area contributed by atoms with E-state index in [9.17, 15) is 4.79 Å². The average Bonchev–Trinajstić information content (AvgIpc) is 3.60. The zero-order valence-corrected chi connectivity index (χ0v) is 19.4. The average molecular weight is 461 g/mol. The number of imidazole rings is 1. The van der Waals surface area contributed by atoms with Gasteiger partial charge >= 0.3 is 0 Å². The van der Waals surface area contributed by atoms with Crippen LogP contribution < -0.4 is 15.8 Å². The van der Waals surface area contributed by atoms with Gasteiger partial charge in [0.2, 0.25) is 0 Å². The molecule has 33 heavy (non-hydrogen) atoms. The van der Waals surface area contributed by atoms with E-state index in [4.69, 9.17) is 4.98 Å². The van der Waals surface area contributed by atoms with Crippen LogP contribution in [-0.2, 0) is 0 Å². The summed E-state index contributed by atoms with van der Waals surface area (Å²) in [5.74, 6) is 1.34. The molecule has 2 atom stereocenters. The number of nitrogens with zero attached hydrogens (tertiary/aromatic N) is 4. The van der Waals surface area contributed by atoms with Crippen LogP contribution in [-0.4, -0.2) is 45.7 Å². The first-order valence-corrected chi connectivity index (χ1v) is 13.0.